The summed E-state index contributed by atoms with van der Waals surface area (Å²) in [6, 6.07) is 23.6. The maximum absolute atomic E-state index is 13.6. The van der Waals surface area contributed by atoms with Crippen molar-refractivity contribution in [3.05, 3.63) is 96.6 Å². The zero-order chi connectivity index (χ0) is 21.4. The number of benzene rings is 3. The van der Waals surface area contributed by atoms with Gasteiger partial charge in [-0.1, -0.05) is 42.5 Å². The summed E-state index contributed by atoms with van der Waals surface area (Å²) < 4.78 is 7.46. The predicted octanol–water partition coefficient (Wildman–Crippen LogP) is 5.10. The number of imidazole rings is 1. The van der Waals surface area contributed by atoms with Crippen molar-refractivity contribution in [2.75, 3.05) is 13.7 Å². The number of amides is 1. The molecule has 31 heavy (non-hydrogen) atoms. The molecule has 0 saturated heterocycles. The van der Waals surface area contributed by atoms with Gasteiger partial charge in [-0.15, -0.1) is 6.58 Å². The fourth-order valence-corrected chi connectivity index (χ4v) is 4.27. The van der Waals surface area contributed by atoms with Crippen LogP contribution < -0.4 is 4.74 Å². The molecular weight excluding hydrogens is 386 g/mol. The van der Waals surface area contributed by atoms with Gasteiger partial charge in [-0.3, -0.25) is 4.79 Å². The minimum Gasteiger partial charge on any atom is -0.497 e. The molecule has 5 nitrogen and oxygen atoms in total. The molecule has 5 heteroatoms. The molecule has 1 amide bonds. The molecule has 154 valence electrons. The Balaban J connectivity index is 1.66. The third-order valence-corrected chi connectivity index (χ3v) is 5.80. The van der Waals surface area contributed by atoms with Gasteiger partial charge in [0.2, 0.25) is 0 Å². The molecular formula is C26H23N3O2. The van der Waals surface area contributed by atoms with Crippen LogP contribution in [0, 0.1) is 0 Å². The maximum atomic E-state index is 13.6. The largest absolute Gasteiger partial charge is 0.497 e. The lowest BCUT2D eigenvalue weighted by Crippen LogP contribution is -2.33. The van der Waals surface area contributed by atoms with Crippen LogP contribution in [0.4, 0.5) is 0 Å². The molecule has 0 saturated carbocycles. The number of hydrogen-bond donors (Lipinski definition) is 0. The number of carbonyl (C=O) groups excluding carboxylic acids is 1. The summed E-state index contributed by atoms with van der Waals surface area (Å²) in [5.41, 5.74) is 4.42. The maximum Gasteiger partial charge on any atom is 0.256 e. The van der Waals surface area contributed by atoms with E-state index in [4.69, 9.17) is 9.72 Å². The molecule has 1 aliphatic rings. The highest BCUT2D eigenvalue weighted by Crippen LogP contribution is 2.35. The van der Waals surface area contributed by atoms with E-state index in [1.165, 1.54) is 0 Å². The standard InChI is InChI=1S/C26H23N3O2/c1-3-20-17-28(16-18-8-5-4-6-9-18)26(30)22-10-7-11-23-24(22)29(20)25(27-23)19-12-14-21(31-2)15-13-19/h3-15,20H,1,16-17H2,2H3/t20-/m0/s1. The first-order valence-corrected chi connectivity index (χ1v) is 10.3. The van der Waals surface area contributed by atoms with Gasteiger partial charge >= 0.3 is 0 Å². The monoisotopic (exact) mass is 409 g/mol. The first kappa shape index (κ1) is 19.1. The molecule has 1 atom stereocenters. The summed E-state index contributed by atoms with van der Waals surface area (Å²) in [7, 11) is 1.65. The summed E-state index contributed by atoms with van der Waals surface area (Å²) >= 11 is 0. The SMILES string of the molecule is C=C[C@H]1CN(Cc2ccccc2)C(=O)c2cccc3nc(-c4ccc(OC)cc4)n1c23. The van der Waals surface area contributed by atoms with Crippen molar-refractivity contribution in [3.8, 4) is 17.1 Å². The van der Waals surface area contributed by atoms with Crippen molar-refractivity contribution in [2.45, 2.75) is 12.6 Å². The van der Waals surface area contributed by atoms with Crippen LogP contribution >= 0.6 is 0 Å². The van der Waals surface area contributed by atoms with Gasteiger partial charge in [0, 0.05) is 18.7 Å². The number of carbonyl (C=O) groups is 1. The van der Waals surface area contributed by atoms with Crippen LogP contribution in [0.5, 0.6) is 5.75 Å². The molecule has 0 aliphatic carbocycles. The Morgan fingerprint density at radius 2 is 1.84 bits per heavy atom. The van der Waals surface area contributed by atoms with E-state index in [0.29, 0.717) is 18.7 Å². The number of aromatic nitrogens is 2. The van der Waals surface area contributed by atoms with E-state index in [1.807, 2.05) is 83.8 Å². The Hall–Kier alpha value is -3.86. The molecule has 5 rings (SSSR count). The second kappa shape index (κ2) is 7.76. The Kier molecular flexibility index (Phi) is 4.79. The van der Waals surface area contributed by atoms with Crippen LogP contribution in [-0.4, -0.2) is 34.0 Å². The fourth-order valence-electron chi connectivity index (χ4n) is 4.27. The van der Waals surface area contributed by atoms with Gasteiger partial charge in [-0.05, 0) is 42.0 Å². The minimum absolute atomic E-state index is 0.0150. The van der Waals surface area contributed by atoms with Crippen molar-refractivity contribution in [1.29, 1.82) is 0 Å². The first-order chi connectivity index (χ1) is 15.2. The Morgan fingerprint density at radius 1 is 1.06 bits per heavy atom. The van der Waals surface area contributed by atoms with Crippen molar-refractivity contribution in [3.63, 3.8) is 0 Å². The zero-order valence-electron chi connectivity index (χ0n) is 17.4. The van der Waals surface area contributed by atoms with Crippen molar-refractivity contribution in [1.82, 2.24) is 14.5 Å². The summed E-state index contributed by atoms with van der Waals surface area (Å²) in [6.45, 7) is 5.17. The molecule has 0 spiro atoms. The third-order valence-electron chi connectivity index (χ3n) is 5.80. The van der Waals surface area contributed by atoms with E-state index in [1.54, 1.807) is 7.11 Å². The number of para-hydroxylation sites is 1. The van der Waals surface area contributed by atoms with Crippen LogP contribution in [-0.2, 0) is 6.54 Å². The van der Waals surface area contributed by atoms with Gasteiger partial charge in [-0.2, -0.15) is 0 Å². The highest BCUT2D eigenvalue weighted by Gasteiger charge is 2.31. The smallest absolute Gasteiger partial charge is 0.256 e. The van der Waals surface area contributed by atoms with Crippen molar-refractivity contribution >= 4 is 16.9 Å². The molecule has 0 N–H and O–H groups in total. The molecule has 0 unspecified atom stereocenters. The van der Waals surface area contributed by atoms with Crippen molar-refractivity contribution < 1.29 is 9.53 Å². The quantitative estimate of drug-likeness (QED) is 0.431. The molecule has 3 aromatic carbocycles. The van der Waals surface area contributed by atoms with Crippen LogP contribution in [0.25, 0.3) is 22.4 Å². The normalized spacial score (nSPS) is 15.7. The van der Waals surface area contributed by atoms with Gasteiger partial charge in [0.1, 0.15) is 11.6 Å². The van der Waals surface area contributed by atoms with E-state index in [9.17, 15) is 4.79 Å². The second-order valence-corrected chi connectivity index (χ2v) is 7.68. The van der Waals surface area contributed by atoms with E-state index in [2.05, 4.69) is 11.1 Å². The Morgan fingerprint density at radius 3 is 2.55 bits per heavy atom. The predicted molar refractivity (Wildman–Crippen MR) is 122 cm³/mol. The van der Waals surface area contributed by atoms with Crippen molar-refractivity contribution in [2.24, 2.45) is 0 Å². The van der Waals surface area contributed by atoms with Gasteiger partial charge in [-0.25, -0.2) is 4.98 Å². The highest BCUT2D eigenvalue weighted by atomic mass is 16.5. The Bertz CT molecular complexity index is 1260. The molecule has 1 aliphatic heterocycles. The third kappa shape index (κ3) is 3.28. The lowest BCUT2D eigenvalue weighted by atomic mass is 10.1. The molecule has 0 radical (unpaired) electrons. The topological polar surface area (TPSA) is 47.4 Å². The second-order valence-electron chi connectivity index (χ2n) is 7.68. The summed E-state index contributed by atoms with van der Waals surface area (Å²) in [4.78, 5) is 20.4. The van der Waals surface area contributed by atoms with E-state index in [-0.39, 0.29) is 11.9 Å². The number of rotatable bonds is 5. The average molecular weight is 409 g/mol. The summed E-state index contributed by atoms with van der Waals surface area (Å²) in [5, 5.41) is 0. The van der Waals surface area contributed by atoms with E-state index < -0.39 is 0 Å². The van der Waals surface area contributed by atoms with Crippen LogP contribution in [0.1, 0.15) is 22.0 Å². The lowest BCUT2D eigenvalue weighted by Gasteiger charge is -2.25. The number of hydrogen-bond acceptors (Lipinski definition) is 3. The summed E-state index contributed by atoms with van der Waals surface area (Å²) in [6.07, 6.45) is 1.90. The average Bonchev–Trinajstić information content (AvgIpc) is 3.16. The van der Waals surface area contributed by atoms with Gasteiger partial charge in [0.15, 0.2) is 0 Å². The van der Waals surface area contributed by atoms with Crippen LogP contribution in [0.2, 0.25) is 0 Å². The number of nitrogens with zero attached hydrogens (tertiary/aromatic N) is 3. The first-order valence-electron chi connectivity index (χ1n) is 10.3. The molecule has 1 aromatic heterocycles. The molecule has 0 fully saturated rings. The fraction of sp³-hybridized carbons (Fsp3) is 0.154. The highest BCUT2D eigenvalue weighted by molar-refractivity contribution is 6.06. The van der Waals surface area contributed by atoms with Crippen LogP contribution in [0.15, 0.2) is 85.5 Å². The van der Waals surface area contributed by atoms with Gasteiger partial charge in [0.25, 0.3) is 5.91 Å². The lowest BCUT2D eigenvalue weighted by molar-refractivity contribution is 0.0738. The number of methoxy groups -OCH3 is 1. The zero-order valence-corrected chi connectivity index (χ0v) is 17.4. The van der Waals surface area contributed by atoms with E-state index in [0.717, 1.165) is 33.7 Å². The molecule has 4 aromatic rings. The molecule has 0 bridgehead atoms. The minimum atomic E-state index is -0.0987. The van der Waals surface area contributed by atoms with Gasteiger partial charge < -0.3 is 14.2 Å². The van der Waals surface area contributed by atoms with E-state index >= 15 is 0 Å². The van der Waals surface area contributed by atoms with Gasteiger partial charge in [0.05, 0.1) is 29.7 Å². The number of ether oxygens (including phenoxy) is 1. The molecule has 2 heterocycles. The van der Waals surface area contributed by atoms with Crippen LogP contribution in [0.3, 0.4) is 0 Å². The Labute approximate surface area is 181 Å². The summed E-state index contributed by atoms with van der Waals surface area (Å²) in [5.74, 6) is 1.63.